The maximum absolute atomic E-state index is 12.1. The molecular formula is C13H10N4O. The summed E-state index contributed by atoms with van der Waals surface area (Å²) >= 11 is 0. The van der Waals surface area contributed by atoms with Crippen LogP contribution in [0.4, 0.5) is 5.69 Å². The van der Waals surface area contributed by atoms with Crippen LogP contribution in [0.2, 0.25) is 0 Å². The van der Waals surface area contributed by atoms with Crippen LogP contribution in [0.3, 0.4) is 0 Å². The first-order valence-corrected chi connectivity index (χ1v) is 5.50. The molecule has 0 atom stereocenters. The van der Waals surface area contributed by atoms with E-state index in [4.69, 9.17) is 0 Å². The minimum atomic E-state index is -0.194. The average molecular weight is 238 g/mol. The van der Waals surface area contributed by atoms with E-state index in [9.17, 15) is 4.79 Å². The number of H-pyrrole nitrogens is 1. The van der Waals surface area contributed by atoms with E-state index in [2.05, 4.69) is 20.7 Å². The molecule has 0 aliphatic heterocycles. The van der Waals surface area contributed by atoms with Crippen molar-refractivity contribution in [2.75, 3.05) is 5.32 Å². The number of amides is 1. The summed E-state index contributed by atoms with van der Waals surface area (Å²) in [6.45, 7) is 0. The number of aromatic amines is 1. The van der Waals surface area contributed by atoms with Crippen molar-refractivity contribution in [1.82, 2.24) is 15.4 Å². The Morgan fingerprint density at radius 3 is 2.67 bits per heavy atom. The zero-order valence-electron chi connectivity index (χ0n) is 9.42. The number of hydrogen-bond acceptors (Lipinski definition) is 3. The van der Waals surface area contributed by atoms with Gasteiger partial charge in [0.1, 0.15) is 11.0 Å². The Balaban J connectivity index is 1.95. The van der Waals surface area contributed by atoms with Gasteiger partial charge in [-0.1, -0.05) is 24.3 Å². The van der Waals surface area contributed by atoms with Crippen LogP contribution in [0.1, 0.15) is 10.4 Å². The molecule has 0 saturated carbocycles. The summed E-state index contributed by atoms with van der Waals surface area (Å²) in [4.78, 5) is 12.1. The molecular weight excluding hydrogens is 228 g/mol. The molecule has 1 heterocycles. The second kappa shape index (κ2) is 4.29. The third kappa shape index (κ3) is 1.82. The highest BCUT2D eigenvalue weighted by molar-refractivity contribution is 6.11. The molecule has 1 amide bonds. The van der Waals surface area contributed by atoms with E-state index in [1.165, 1.54) is 0 Å². The van der Waals surface area contributed by atoms with E-state index in [0.717, 1.165) is 5.69 Å². The van der Waals surface area contributed by atoms with Crippen molar-refractivity contribution in [3.05, 3.63) is 54.1 Å². The second-order valence-electron chi connectivity index (χ2n) is 3.82. The highest BCUT2D eigenvalue weighted by Gasteiger charge is 2.12. The van der Waals surface area contributed by atoms with E-state index >= 15 is 0 Å². The lowest BCUT2D eigenvalue weighted by Gasteiger charge is -2.04. The Morgan fingerprint density at radius 2 is 1.83 bits per heavy atom. The molecule has 0 spiro atoms. The highest BCUT2D eigenvalue weighted by Crippen LogP contribution is 2.15. The van der Waals surface area contributed by atoms with E-state index < -0.39 is 0 Å². The quantitative estimate of drug-likeness (QED) is 0.719. The fraction of sp³-hybridized carbons (Fsp3) is 0. The third-order valence-corrected chi connectivity index (χ3v) is 2.62. The molecule has 88 valence electrons. The maximum atomic E-state index is 12.1. The van der Waals surface area contributed by atoms with E-state index in [-0.39, 0.29) is 5.91 Å². The van der Waals surface area contributed by atoms with Gasteiger partial charge in [0.05, 0.1) is 5.56 Å². The predicted molar refractivity (Wildman–Crippen MR) is 68.3 cm³/mol. The SMILES string of the molecule is O=C(Nc1ccccc1)c1cccc2n[nH]nc12. The van der Waals surface area contributed by atoms with Crippen LogP contribution in [0.25, 0.3) is 11.0 Å². The van der Waals surface area contributed by atoms with E-state index in [0.29, 0.717) is 16.6 Å². The zero-order chi connectivity index (χ0) is 12.4. The van der Waals surface area contributed by atoms with Crippen LogP contribution in [-0.4, -0.2) is 21.3 Å². The van der Waals surface area contributed by atoms with Crippen LogP contribution < -0.4 is 5.32 Å². The summed E-state index contributed by atoms with van der Waals surface area (Å²) in [5.74, 6) is -0.194. The number of para-hydroxylation sites is 2. The summed E-state index contributed by atoms with van der Waals surface area (Å²) in [7, 11) is 0. The van der Waals surface area contributed by atoms with Gasteiger partial charge in [0.15, 0.2) is 0 Å². The molecule has 0 aliphatic rings. The summed E-state index contributed by atoms with van der Waals surface area (Å²) in [5.41, 5.74) is 2.51. The van der Waals surface area contributed by atoms with Crippen molar-refractivity contribution in [3.63, 3.8) is 0 Å². The summed E-state index contributed by atoms with van der Waals surface area (Å²) in [6.07, 6.45) is 0. The number of hydrogen-bond donors (Lipinski definition) is 2. The maximum Gasteiger partial charge on any atom is 0.258 e. The largest absolute Gasteiger partial charge is 0.322 e. The summed E-state index contributed by atoms with van der Waals surface area (Å²) in [6, 6.07) is 14.6. The van der Waals surface area contributed by atoms with Crippen molar-refractivity contribution in [2.24, 2.45) is 0 Å². The number of rotatable bonds is 2. The molecule has 0 aliphatic carbocycles. The Bertz CT molecular complexity index is 690. The van der Waals surface area contributed by atoms with Gasteiger partial charge in [0.2, 0.25) is 0 Å². The van der Waals surface area contributed by atoms with Crippen LogP contribution in [0, 0.1) is 0 Å². The molecule has 3 rings (SSSR count). The standard InChI is InChI=1S/C13H10N4O/c18-13(14-9-5-2-1-3-6-9)10-7-4-8-11-12(10)16-17-15-11/h1-8H,(H,14,18)(H,15,16,17). The van der Waals surface area contributed by atoms with Crippen LogP contribution in [-0.2, 0) is 0 Å². The Labute approximate surface area is 103 Å². The first-order chi connectivity index (χ1) is 8.84. The molecule has 18 heavy (non-hydrogen) atoms. The number of nitrogens with zero attached hydrogens (tertiary/aromatic N) is 2. The van der Waals surface area contributed by atoms with Crippen molar-refractivity contribution in [2.45, 2.75) is 0 Å². The molecule has 2 aromatic carbocycles. The van der Waals surface area contributed by atoms with Crippen molar-refractivity contribution < 1.29 is 4.79 Å². The number of fused-ring (bicyclic) bond motifs is 1. The first kappa shape index (κ1) is 10.5. The van der Waals surface area contributed by atoms with Gasteiger partial charge in [-0.2, -0.15) is 15.4 Å². The molecule has 1 aromatic heterocycles. The summed E-state index contributed by atoms with van der Waals surface area (Å²) < 4.78 is 0. The Hall–Kier alpha value is -2.69. The Kier molecular flexibility index (Phi) is 2.49. The second-order valence-corrected chi connectivity index (χ2v) is 3.82. The predicted octanol–water partition coefficient (Wildman–Crippen LogP) is 2.21. The van der Waals surface area contributed by atoms with Gasteiger partial charge in [-0.05, 0) is 24.3 Å². The molecule has 5 heteroatoms. The minimum absolute atomic E-state index is 0.194. The monoisotopic (exact) mass is 238 g/mol. The molecule has 0 bridgehead atoms. The lowest BCUT2D eigenvalue weighted by molar-refractivity contribution is 0.102. The topological polar surface area (TPSA) is 70.7 Å². The van der Waals surface area contributed by atoms with Crippen molar-refractivity contribution in [3.8, 4) is 0 Å². The minimum Gasteiger partial charge on any atom is -0.322 e. The number of anilines is 1. The van der Waals surface area contributed by atoms with Crippen LogP contribution >= 0.6 is 0 Å². The lowest BCUT2D eigenvalue weighted by Crippen LogP contribution is -2.12. The zero-order valence-corrected chi connectivity index (χ0v) is 9.42. The van der Waals surface area contributed by atoms with Gasteiger partial charge in [-0.15, -0.1) is 0 Å². The third-order valence-electron chi connectivity index (χ3n) is 2.62. The fourth-order valence-corrected chi connectivity index (χ4v) is 1.77. The number of carbonyl (C=O) groups excluding carboxylic acids is 1. The smallest absolute Gasteiger partial charge is 0.258 e. The molecule has 5 nitrogen and oxygen atoms in total. The van der Waals surface area contributed by atoms with Crippen LogP contribution in [0.15, 0.2) is 48.5 Å². The molecule has 0 fully saturated rings. The molecule has 0 saturated heterocycles. The van der Waals surface area contributed by atoms with Gasteiger partial charge in [-0.25, -0.2) is 0 Å². The molecule has 0 radical (unpaired) electrons. The van der Waals surface area contributed by atoms with Gasteiger partial charge in [0, 0.05) is 5.69 Å². The molecule has 0 unspecified atom stereocenters. The van der Waals surface area contributed by atoms with Gasteiger partial charge in [0.25, 0.3) is 5.91 Å². The lowest BCUT2D eigenvalue weighted by atomic mass is 10.1. The highest BCUT2D eigenvalue weighted by atomic mass is 16.1. The molecule has 2 N–H and O–H groups in total. The van der Waals surface area contributed by atoms with Crippen molar-refractivity contribution >= 4 is 22.6 Å². The van der Waals surface area contributed by atoms with E-state index in [1.54, 1.807) is 18.2 Å². The number of aromatic nitrogens is 3. The fourth-order valence-electron chi connectivity index (χ4n) is 1.77. The van der Waals surface area contributed by atoms with Crippen LogP contribution in [0.5, 0.6) is 0 Å². The van der Waals surface area contributed by atoms with E-state index in [1.807, 2.05) is 30.3 Å². The summed E-state index contributed by atoms with van der Waals surface area (Å²) in [5, 5.41) is 13.3. The number of carbonyl (C=O) groups is 1. The number of nitrogens with one attached hydrogen (secondary N) is 2. The van der Waals surface area contributed by atoms with Gasteiger partial charge in [-0.3, -0.25) is 4.79 Å². The van der Waals surface area contributed by atoms with Gasteiger partial charge >= 0.3 is 0 Å². The first-order valence-electron chi connectivity index (χ1n) is 5.50. The normalized spacial score (nSPS) is 10.4. The van der Waals surface area contributed by atoms with Crippen molar-refractivity contribution in [1.29, 1.82) is 0 Å². The molecule has 3 aromatic rings. The average Bonchev–Trinajstić information content (AvgIpc) is 2.87. The Morgan fingerprint density at radius 1 is 1.00 bits per heavy atom. The van der Waals surface area contributed by atoms with Gasteiger partial charge < -0.3 is 5.32 Å². The number of benzene rings is 2.